The fourth-order valence-corrected chi connectivity index (χ4v) is 2.20. The van der Waals surface area contributed by atoms with Crippen molar-refractivity contribution in [2.45, 2.75) is 30.2 Å². The summed E-state index contributed by atoms with van der Waals surface area (Å²) in [4.78, 5) is 11.8. The molecule has 0 heterocycles. The van der Waals surface area contributed by atoms with E-state index in [0.717, 1.165) is 12.8 Å². The van der Waals surface area contributed by atoms with Crippen molar-refractivity contribution in [3.8, 4) is 0 Å². The molecule has 0 bridgehead atoms. The van der Waals surface area contributed by atoms with Gasteiger partial charge in [0.1, 0.15) is 0 Å². The van der Waals surface area contributed by atoms with Gasteiger partial charge >= 0.3 is 0 Å². The number of benzene rings is 1. The maximum absolute atomic E-state index is 11.8. The summed E-state index contributed by atoms with van der Waals surface area (Å²) in [5.74, 6) is -0.191. The third-order valence-corrected chi connectivity index (χ3v) is 4.18. The van der Waals surface area contributed by atoms with Crippen LogP contribution in [-0.4, -0.2) is 19.9 Å². The van der Waals surface area contributed by atoms with Crippen LogP contribution in [-0.2, 0) is 9.05 Å². The van der Waals surface area contributed by atoms with E-state index in [1.807, 2.05) is 6.92 Å². The van der Waals surface area contributed by atoms with E-state index in [0.29, 0.717) is 5.56 Å². The summed E-state index contributed by atoms with van der Waals surface area (Å²) in [6, 6.07) is 5.56. The van der Waals surface area contributed by atoms with Crippen LogP contribution >= 0.6 is 10.7 Å². The molecule has 1 N–H and O–H groups in total. The molecular formula is C11H12ClNO3S. The molecule has 0 aliphatic heterocycles. The molecule has 1 amide bonds. The van der Waals surface area contributed by atoms with Crippen molar-refractivity contribution in [2.75, 3.05) is 0 Å². The number of halogens is 1. The van der Waals surface area contributed by atoms with Crippen molar-refractivity contribution in [3.05, 3.63) is 29.8 Å². The van der Waals surface area contributed by atoms with Gasteiger partial charge in [-0.3, -0.25) is 4.79 Å². The summed E-state index contributed by atoms with van der Waals surface area (Å²) < 4.78 is 22.0. The summed E-state index contributed by atoms with van der Waals surface area (Å²) in [6.45, 7) is 1.97. The Balaban J connectivity index is 2.15. The topological polar surface area (TPSA) is 63.2 Å². The number of nitrogens with one attached hydrogen (secondary N) is 1. The highest BCUT2D eigenvalue weighted by Crippen LogP contribution is 2.34. The molecule has 0 spiro atoms. The van der Waals surface area contributed by atoms with Crippen LogP contribution in [0.3, 0.4) is 0 Å². The zero-order valence-corrected chi connectivity index (χ0v) is 10.8. The van der Waals surface area contributed by atoms with Gasteiger partial charge in [-0.15, -0.1) is 0 Å². The van der Waals surface area contributed by atoms with Gasteiger partial charge in [0.15, 0.2) is 0 Å². The van der Waals surface area contributed by atoms with E-state index in [1.165, 1.54) is 24.3 Å². The van der Waals surface area contributed by atoms with E-state index in [9.17, 15) is 13.2 Å². The quantitative estimate of drug-likeness (QED) is 0.856. The van der Waals surface area contributed by atoms with Gasteiger partial charge in [0.05, 0.1) is 4.90 Å². The zero-order chi connectivity index (χ0) is 12.7. The lowest BCUT2D eigenvalue weighted by Crippen LogP contribution is -2.34. The molecule has 0 saturated heterocycles. The van der Waals surface area contributed by atoms with E-state index in [4.69, 9.17) is 10.7 Å². The number of hydrogen-bond acceptors (Lipinski definition) is 3. The summed E-state index contributed by atoms with van der Waals surface area (Å²) in [6.07, 6.45) is 1.96. The molecule has 6 heteroatoms. The minimum Gasteiger partial charge on any atom is -0.347 e. The number of rotatable bonds is 3. The van der Waals surface area contributed by atoms with Gasteiger partial charge in [0.25, 0.3) is 15.0 Å². The molecule has 1 aliphatic carbocycles. The Kier molecular flexibility index (Phi) is 2.91. The molecular weight excluding hydrogens is 262 g/mol. The molecule has 0 radical (unpaired) electrons. The lowest BCUT2D eigenvalue weighted by atomic mass is 10.2. The van der Waals surface area contributed by atoms with E-state index in [1.54, 1.807) is 0 Å². The first-order chi connectivity index (χ1) is 7.80. The van der Waals surface area contributed by atoms with Crippen LogP contribution in [0.15, 0.2) is 29.2 Å². The fraction of sp³-hybridized carbons (Fsp3) is 0.364. The Morgan fingerprint density at radius 3 is 2.24 bits per heavy atom. The predicted molar refractivity (Wildman–Crippen MR) is 64.6 cm³/mol. The second-order valence-corrected chi connectivity index (χ2v) is 7.04. The lowest BCUT2D eigenvalue weighted by Gasteiger charge is -2.11. The van der Waals surface area contributed by atoms with Crippen molar-refractivity contribution in [3.63, 3.8) is 0 Å². The molecule has 1 aliphatic rings. The number of carbonyl (C=O) groups excluding carboxylic acids is 1. The van der Waals surface area contributed by atoms with Gasteiger partial charge < -0.3 is 5.32 Å². The highest BCUT2D eigenvalue weighted by atomic mass is 35.7. The summed E-state index contributed by atoms with van der Waals surface area (Å²) in [5.41, 5.74) is 0.344. The third-order valence-electron chi connectivity index (χ3n) is 2.81. The molecule has 17 heavy (non-hydrogen) atoms. The van der Waals surface area contributed by atoms with E-state index in [-0.39, 0.29) is 16.3 Å². The first-order valence-electron chi connectivity index (χ1n) is 5.17. The second kappa shape index (κ2) is 3.99. The number of hydrogen-bond donors (Lipinski definition) is 1. The van der Waals surface area contributed by atoms with Gasteiger partial charge in [-0.05, 0) is 44.0 Å². The monoisotopic (exact) mass is 273 g/mol. The number of carbonyl (C=O) groups is 1. The Labute approximate surface area is 104 Å². The highest BCUT2D eigenvalue weighted by molar-refractivity contribution is 8.13. The van der Waals surface area contributed by atoms with Crippen LogP contribution in [0.1, 0.15) is 30.1 Å². The van der Waals surface area contributed by atoms with E-state index in [2.05, 4.69) is 5.32 Å². The predicted octanol–water partition coefficient (Wildman–Crippen LogP) is 1.90. The van der Waals surface area contributed by atoms with Crippen molar-refractivity contribution in [2.24, 2.45) is 0 Å². The Hall–Kier alpha value is -1.07. The van der Waals surface area contributed by atoms with Crippen LogP contribution in [0.4, 0.5) is 0 Å². The summed E-state index contributed by atoms with van der Waals surface area (Å²) in [7, 11) is 1.45. The zero-order valence-electron chi connectivity index (χ0n) is 9.23. The van der Waals surface area contributed by atoms with Gasteiger partial charge in [-0.1, -0.05) is 0 Å². The maximum Gasteiger partial charge on any atom is 0.261 e. The van der Waals surface area contributed by atoms with E-state index < -0.39 is 9.05 Å². The maximum atomic E-state index is 11.8. The van der Waals surface area contributed by atoms with Crippen molar-refractivity contribution in [1.29, 1.82) is 0 Å². The van der Waals surface area contributed by atoms with Crippen molar-refractivity contribution >= 4 is 25.6 Å². The Morgan fingerprint density at radius 1 is 1.29 bits per heavy atom. The molecule has 4 nitrogen and oxygen atoms in total. The molecule has 1 aromatic rings. The van der Waals surface area contributed by atoms with Crippen LogP contribution < -0.4 is 5.32 Å². The van der Waals surface area contributed by atoms with Gasteiger partial charge in [-0.2, -0.15) is 0 Å². The van der Waals surface area contributed by atoms with Crippen LogP contribution in [0.5, 0.6) is 0 Å². The van der Waals surface area contributed by atoms with E-state index >= 15 is 0 Å². The third kappa shape index (κ3) is 2.98. The highest BCUT2D eigenvalue weighted by Gasteiger charge is 2.38. The first-order valence-corrected chi connectivity index (χ1v) is 7.48. The Bertz CT molecular complexity index is 547. The largest absolute Gasteiger partial charge is 0.347 e. The van der Waals surface area contributed by atoms with Crippen LogP contribution in [0.2, 0.25) is 0 Å². The molecule has 1 saturated carbocycles. The standard InChI is InChI=1S/C11H12ClNO3S/c1-11(6-7-11)13-10(14)8-2-4-9(5-3-8)17(12,15)16/h2-5H,6-7H2,1H3,(H,13,14). The van der Waals surface area contributed by atoms with Gasteiger partial charge in [0.2, 0.25) is 0 Å². The molecule has 1 aromatic carbocycles. The molecule has 0 aromatic heterocycles. The first kappa shape index (κ1) is 12.4. The molecule has 92 valence electrons. The second-order valence-electron chi connectivity index (χ2n) is 4.48. The average molecular weight is 274 g/mol. The van der Waals surface area contributed by atoms with Crippen molar-refractivity contribution in [1.82, 2.24) is 5.32 Å². The average Bonchev–Trinajstić information content (AvgIpc) is 2.95. The smallest absolute Gasteiger partial charge is 0.261 e. The summed E-state index contributed by atoms with van der Waals surface area (Å²) >= 11 is 0. The Morgan fingerprint density at radius 2 is 1.82 bits per heavy atom. The molecule has 1 fully saturated rings. The minimum absolute atomic E-state index is 0.00616. The van der Waals surface area contributed by atoms with Crippen LogP contribution in [0.25, 0.3) is 0 Å². The molecule has 2 rings (SSSR count). The van der Waals surface area contributed by atoms with Gasteiger partial charge in [-0.25, -0.2) is 8.42 Å². The number of amides is 1. The molecule has 0 atom stereocenters. The van der Waals surface area contributed by atoms with Gasteiger partial charge in [0, 0.05) is 21.8 Å². The van der Waals surface area contributed by atoms with Crippen molar-refractivity contribution < 1.29 is 13.2 Å². The fourth-order valence-electron chi connectivity index (χ4n) is 1.43. The summed E-state index contributed by atoms with van der Waals surface area (Å²) in [5, 5.41) is 2.88. The lowest BCUT2D eigenvalue weighted by molar-refractivity contribution is 0.0935. The minimum atomic E-state index is -3.73. The molecule has 0 unspecified atom stereocenters. The normalized spacial score (nSPS) is 17.5. The SMILES string of the molecule is CC1(NC(=O)c2ccc(S(=O)(=O)Cl)cc2)CC1. The van der Waals surface area contributed by atoms with Crippen LogP contribution in [0, 0.1) is 0 Å².